The maximum Gasteiger partial charge on any atom is 0.277 e. The van der Waals surface area contributed by atoms with Crippen LogP contribution in [0.4, 0.5) is 5.69 Å². The molecule has 0 fully saturated rings. The number of allylic oxidation sites excluding steroid dienone is 1. The van der Waals surface area contributed by atoms with Gasteiger partial charge in [0.15, 0.2) is 0 Å². The SMILES string of the molecule is C=C(CCl)c1cc(O)ccc1[N+](=O)[O-]. The smallest absolute Gasteiger partial charge is 0.277 e. The minimum absolute atomic E-state index is 0.0446. The molecule has 1 rings (SSSR count). The first kappa shape index (κ1) is 10.5. The minimum atomic E-state index is -0.535. The summed E-state index contributed by atoms with van der Waals surface area (Å²) in [7, 11) is 0. The predicted molar refractivity (Wildman–Crippen MR) is 54.5 cm³/mol. The van der Waals surface area contributed by atoms with Crippen molar-refractivity contribution in [3.8, 4) is 5.75 Å². The zero-order valence-electron chi connectivity index (χ0n) is 7.24. The van der Waals surface area contributed by atoms with E-state index >= 15 is 0 Å². The summed E-state index contributed by atoms with van der Waals surface area (Å²) in [5.41, 5.74) is 0.577. The fraction of sp³-hybridized carbons (Fsp3) is 0.111. The Kier molecular flexibility index (Phi) is 3.09. The summed E-state index contributed by atoms with van der Waals surface area (Å²) in [6.45, 7) is 3.58. The summed E-state index contributed by atoms with van der Waals surface area (Å²) in [5, 5.41) is 19.8. The molecule has 1 N–H and O–H groups in total. The fourth-order valence-corrected chi connectivity index (χ4v) is 1.18. The second kappa shape index (κ2) is 4.11. The number of hydrogen-bond donors (Lipinski definition) is 1. The second-order valence-electron chi connectivity index (χ2n) is 2.70. The van der Waals surface area contributed by atoms with E-state index in [1.54, 1.807) is 0 Å². The van der Waals surface area contributed by atoms with Crippen LogP contribution < -0.4 is 0 Å². The van der Waals surface area contributed by atoms with Crippen molar-refractivity contribution < 1.29 is 10.0 Å². The van der Waals surface area contributed by atoms with Crippen LogP contribution in [0.5, 0.6) is 5.75 Å². The average molecular weight is 214 g/mol. The van der Waals surface area contributed by atoms with Crippen molar-refractivity contribution in [1.82, 2.24) is 0 Å². The van der Waals surface area contributed by atoms with Crippen LogP contribution in [-0.2, 0) is 0 Å². The lowest BCUT2D eigenvalue weighted by atomic mass is 10.1. The molecule has 1 aromatic carbocycles. The van der Waals surface area contributed by atoms with Crippen molar-refractivity contribution in [1.29, 1.82) is 0 Å². The van der Waals surface area contributed by atoms with E-state index in [9.17, 15) is 10.1 Å². The Morgan fingerprint density at radius 3 is 2.79 bits per heavy atom. The van der Waals surface area contributed by atoms with E-state index in [1.165, 1.54) is 18.2 Å². The maximum absolute atomic E-state index is 10.6. The Balaban J connectivity index is 3.29. The van der Waals surface area contributed by atoms with Crippen LogP contribution in [0.2, 0.25) is 0 Å². The molecular weight excluding hydrogens is 206 g/mol. The number of nitro groups is 1. The first-order chi connectivity index (χ1) is 6.56. The average Bonchev–Trinajstić information content (AvgIpc) is 2.16. The Labute approximate surface area is 85.6 Å². The molecule has 0 spiro atoms. The number of benzene rings is 1. The van der Waals surface area contributed by atoms with Gasteiger partial charge in [-0.15, -0.1) is 11.6 Å². The predicted octanol–water partition coefficient (Wildman–Crippen LogP) is 2.55. The van der Waals surface area contributed by atoms with Gasteiger partial charge >= 0.3 is 0 Å². The highest BCUT2D eigenvalue weighted by atomic mass is 35.5. The van der Waals surface area contributed by atoms with Gasteiger partial charge in [0.25, 0.3) is 5.69 Å². The molecule has 0 saturated heterocycles. The third kappa shape index (κ3) is 2.03. The van der Waals surface area contributed by atoms with Crippen LogP contribution in [0, 0.1) is 10.1 Å². The normalized spacial score (nSPS) is 9.79. The molecule has 0 aliphatic rings. The van der Waals surface area contributed by atoms with Gasteiger partial charge in [-0.3, -0.25) is 10.1 Å². The van der Waals surface area contributed by atoms with Crippen LogP contribution in [0.15, 0.2) is 24.8 Å². The summed E-state index contributed by atoms with van der Waals surface area (Å²) in [4.78, 5) is 10.1. The Hall–Kier alpha value is -1.55. The van der Waals surface area contributed by atoms with Crippen LogP contribution >= 0.6 is 11.6 Å². The molecule has 0 heterocycles. The van der Waals surface area contributed by atoms with Crippen molar-refractivity contribution in [3.63, 3.8) is 0 Å². The number of phenolic OH excluding ortho intramolecular Hbond substituents is 1. The number of nitro benzene ring substituents is 1. The van der Waals surface area contributed by atoms with Gasteiger partial charge in [0.2, 0.25) is 0 Å². The second-order valence-corrected chi connectivity index (χ2v) is 2.96. The van der Waals surface area contributed by atoms with Crippen molar-refractivity contribution in [2.45, 2.75) is 0 Å². The Morgan fingerprint density at radius 2 is 2.29 bits per heavy atom. The summed E-state index contributed by atoms with van der Waals surface area (Å²) in [6.07, 6.45) is 0. The highest BCUT2D eigenvalue weighted by molar-refractivity contribution is 6.23. The summed E-state index contributed by atoms with van der Waals surface area (Å²) >= 11 is 5.51. The number of nitrogens with zero attached hydrogens (tertiary/aromatic N) is 1. The first-order valence-corrected chi connectivity index (χ1v) is 4.31. The highest BCUT2D eigenvalue weighted by Crippen LogP contribution is 2.28. The highest BCUT2D eigenvalue weighted by Gasteiger charge is 2.15. The largest absolute Gasteiger partial charge is 0.508 e. The van der Waals surface area contributed by atoms with E-state index in [0.29, 0.717) is 5.57 Å². The topological polar surface area (TPSA) is 63.4 Å². The van der Waals surface area contributed by atoms with E-state index in [4.69, 9.17) is 16.7 Å². The van der Waals surface area contributed by atoms with Gasteiger partial charge in [-0.2, -0.15) is 0 Å². The molecule has 5 heteroatoms. The molecular formula is C9H8ClNO3. The Morgan fingerprint density at radius 1 is 1.64 bits per heavy atom. The molecule has 0 unspecified atom stereocenters. The van der Waals surface area contributed by atoms with E-state index in [1.807, 2.05) is 0 Å². The third-order valence-corrected chi connectivity index (χ3v) is 2.04. The number of aromatic hydroxyl groups is 1. The van der Waals surface area contributed by atoms with Gasteiger partial charge in [0, 0.05) is 11.9 Å². The first-order valence-electron chi connectivity index (χ1n) is 3.77. The van der Waals surface area contributed by atoms with Crippen LogP contribution in [0.25, 0.3) is 5.57 Å². The fourth-order valence-electron chi connectivity index (χ4n) is 1.04. The van der Waals surface area contributed by atoms with Crippen molar-refractivity contribution in [3.05, 3.63) is 40.5 Å². The van der Waals surface area contributed by atoms with Crippen LogP contribution in [0.3, 0.4) is 0 Å². The number of alkyl halides is 1. The third-order valence-electron chi connectivity index (χ3n) is 1.72. The molecule has 4 nitrogen and oxygen atoms in total. The molecule has 14 heavy (non-hydrogen) atoms. The van der Waals surface area contributed by atoms with E-state index < -0.39 is 4.92 Å². The number of phenols is 1. The minimum Gasteiger partial charge on any atom is -0.508 e. The van der Waals surface area contributed by atoms with E-state index in [2.05, 4.69) is 6.58 Å². The molecule has 0 saturated carbocycles. The standard InChI is InChI=1S/C9H8ClNO3/c1-6(5-10)8-4-7(12)2-3-9(8)11(13)14/h2-4,12H,1,5H2. The van der Waals surface area contributed by atoms with E-state index in [0.717, 1.165) is 0 Å². The molecule has 1 aromatic rings. The van der Waals surface area contributed by atoms with Gasteiger partial charge < -0.3 is 5.11 Å². The molecule has 0 atom stereocenters. The maximum atomic E-state index is 10.6. The molecule has 0 radical (unpaired) electrons. The number of halogens is 1. The molecule has 0 aliphatic carbocycles. The zero-order valence-corrected chi connectivity index (χ0v) is 7.99. The van der Waals surface area contributed by atoms with Gasteiger partial charge in [-0.25, -0.2) is 0 Å². The summed E-state index contributed by atoms with van der Waals surface area (Å²) in [5.74, 6) is 0.0430. The molecule has 0 amide bonds. The van der Waals surface area contributed by atoms with Gasteiger partial charge in [0.1, 0.15) is 5.75 Å². The Bertz CT molecular complexity index is 390. The van der Waals surface area contributed by atoms with Gasteiger partial charge in [0.05, 0.1) is 10.5 Å². The molecule has 0 aliphatic heterocycles. The monoisotopic (exact) mass is 213 g/mol. The molecule has 0 aromatic heterocycles. The zero-order chi connectivity index (χ0) is 10.7. The van der Waals surface area contributed by atoms with Crippen LogP contribution in [-0.4, -0.2) is 15.9 Å². The van der Waals surface area contributed by atoms with Gasteiger partial charge in [-0.1, -0.05) is 6.58 Å². The summed E-state index contributed by atoms with van der Waals surface area (Å²) < 4.78 is 0. The molecule has 0 bridgehead atoms. The lowest BCUT2D eigenvalue weighted by molar-refractivity contribution is -0.385. The van der Waals surface area contributed by atoms with Crippen LogP contribution in [0.1, 0.15) is 5.56 Å². The number of hydrogen-bond acceptors (Lipinski definition) is 3. The van der Waals surface area contributed by atoms with E-state index in [-0.39, 0.29) is 22.9 Å². The van der Waals surface area contributed by atoms with Gasteiger partial charge in [-0.05, 0) is 17.7 Å². The van der Waals surface area contributed by atoms with Crippen molar-refractivity contribution in [2.75, 3.05) is 5.88 Å². The van der Waals surface area contributed by atoms with Crippen molar-refractivity contribution >= 4 is 22.9 Å². The quantitative estimate of drug-likeness (QED) is 0.477. The summed E-state index contributed by atoms with van der Waals surface area (Å²) in [6, 6.07) is 3.76. The lowest BCUT2D eigenvalue weighted by Gasteiger charge is -2.03. The lowest BCUT2D eigenvalue weighted by Crippen LogP contribution is -1.94. The molecule has 74 valence electrons. The number of rotatable bonds is 3. The van der Waals surface area contributed by atoms with Crippen molar-refractivity contribution in [2.24, 2.45) is 0 Å².